The van der Waals surface area contributed by atoms with Crippen molar-refractivity contribution >= 4 is 38.6 Å². The quantitative estimate of drug-likeness (QED) is 0.672. The molecule has 0 amide bonds. The lowest BCUT2D eigenvalue weighted by Gasteiger charge is -2.13. The van der Waals surface area contributed by atoms with Gasteiger partial charge in [-0.1, -0.05) is 6.07 Å². The average Bonchev–Trinajstić information content (AvgIpc) is 2.85. The zero-order valence-corrected chi connectivity index (χ0v) is 11.2. The summed E-state index contributed by atoms with van der Waals surface area (Å²) in [6.07, 6.45) is 0.942. The molecule has 0 bridgehead atoms. The summed E-state index contributed by atoms with van der Waals surface area (Å²) in [6.45, 7) is 0. The maximum atomic E-state index is 5.57. The van der Waals surface area contributed by atoms with E-state index in [0.29, 0.717) is 0 Å². The van der Waals surface area contributed by atoms with Crippen molar-refractivity contribution in [2.75, 3.05) is 0 Å². The van der Waals surface area contributed by atoms with Crippen molar-refractivity contribution in [1.82, 2.24) is 5.43 Å². The molecule has 0 spiro atoms. The monoisotopic (exact) mass is 302 g/mol. The normalized spacial score (nSPS) is 12.9. The average molecular weight is 303 g/mol. The third-order valence-electron chi connectivity index (χ3n) is 2.18. The molecule has 2 rings (SSSR count). The lowest BCUT2D eigenvalue weighted by molar-refractivity contribution is 0.557. The summed E-state index contributed by atoms with van der Waals surface area (Å²) in [5.74, 6) is 5.57. The van der Waals surface area contributed by atoms with E-state index >= 15 is 0 Å². The molecule has 0 aliphatic rings. The summed E-state index contributed by atoms with van der Waals surface area (Å²) in [7, 11) is 0. The van der Waals surface area contributed by atoms with Gasteiger partial charge in [0.05, 0.1) is 9.83 Å². The fourth-order valence-corrected chi connectivity index (χ4v) is 3.39. The highest BCUT2D eigenvalue weighted by atomic mass is 79.9. The van der Waals surface area contributed by atoms with Crippen LogP contribution in [0.2, 0.25) is 0 Å². The maximum absolute atomic E-state index is 5.57. The van der Waals surface area contributed by atoms with Gasteiger partial charge in [0, 0.05) is 11.3 Å². The first kappa shape index (κ1) is 11.3. The Hall–Kier alpha value is -0.200. The zero-order valence-electron chi connectivity index (χ0n) is 7.94. The van der Waals surface area contributed by atoms with Crippen molar-refractivity contribution in [2.45, 2.75) is 12.5 Å². The lowest BCUT2D eigenvalue weighted by atomic mass is 10.1. The molecule has 0 saturated heterocycles. The van der Waals surface area contributed by atoms with Crippen molar-refractivity contribution < 1.29 is 0 Å². The van der Waals surface area contributed by atoms with Gasteiger partial charge in [0.1, 0.15) is 0 Å². The van der Waals surface area contributed by atoms with Crippen molar-refractivity contribution in [2.24, 2.45) is 5.84 Å². The van der Waals surface area contributed by atoms with E-state index in [-0.39, 0.29) is 6.04 Å². The van der Waals surface area contributed by atoms with E-state index in [1.165, 1.54) is 10.4 Å². The van der Waals surface area contributed by atoms with Crippen molar-refractivity contribution in [1.29, 1.82) is 0 Å². The fraction of sp³-hybridized carbons (Fsp3) is 0.200. The highest BCUT2D eigenvalue weighted by Gasteiger charge is 2.12. The number of nitrogens with one attached hydrogen (secondary N) is 1. The molecule has 80 valence electrons. The highest BCUT2D eigenvalue weighted by molar-refractivity contribution is 9.11. The minimum absolute atomic E-state index is 0.200. The van der Waals surface area contributed by atoms with Gasteiger partial charge >= 0.3 is 0 Å². The molecule has 2 heterocycles. The molecule has 0 aromatic carbocycles. The molecule has 2 aromatic heterocycles. The van der Waals surface area contributed by atoms with E-state index in [4.69, 9.17) is 5.84 Å². The Morgan fingerprint density at radius 1 is 1.47 bits per heavy atom. The number of rotatable bonds is 4. The van der Waals surface area contributed by atoms with E-state index < -0.39 is 0 Å². The molecule has 2 aromatic rings. The molecule has 2 nitrogen and oxygen atoms in total. The van der Waals surface area contributed by atoms with Crippen LogP contribution in [0.15, 0.2) is 32.7 Å². The Bertz CT molecular complexity index is 411. The summed E-state index contributed by atoms with van der Waals surface area (Å²) in [6, 6.07) is 6.52. The second-order valence-corrected chi connectivity index (χ2v) is 6.51. The molecule has 1 atom stereocenters. The van der Waals surface area contributed by atoms with Gasteiger partial charge in [0.15, 0.2) is 0 Å². The summed E-state index contributed by atoms with van der Waals surface area (Å²) in [5, 5.41) is 4.22. The summed E-state index contributed by atoms with van der Waals surface area (Å²) in [5.41, 5.74) is 4.10. The highest BCUT2D eigenvalue weighted by Crippen LogP contribution is 2.27. The predicted molar refractivity (Wildman–Crippen MR) is 70.1 cm³/mol. The van der Waals surface area contributed by atoms with Gasteiger partial charge in [-0.15, -0.1) is 22.7 Å². The second-order valence-electron chi connectivity index (χ2n) is 3.19. The van der Waals surface area contributed by atoms with E-state index in [2.05, 4.69) is 50.3 Å². The van der Waals surface area contributed by atoms with Crippen LogP contribution in [0.3, 0.4) is 0 Å². The Balaban J connectivity index is 2.11. The Labute approximate surface area is 105 Å². The Morgan fingerprint density at radius 2 is 2.33 bits per heavy atom. The molecule has 0 radical (unpaired) electrons. The van der Waals surface area contributed by atoms with Crippen LogP contribution in [-0.2, 0) is 6.42 Å². The van der Waals surface area contributed by atoms with Crippen LogP contribution in [0.1, 0.15) is 16.5 Å². The number of halogens is 1. The number of hydrogen-bond donors (Lipinski definition) is 2. The van der Waals surface area contributed by atoms with Crippen LogP contribution in [0.4, 0.5) is 0 Å². The van der Waals surface area contributed by atoms with E-state index in [1.807, 2.05) is 0 Å². The molecule has 0 aliphatic carbocycles. The minimum Gasteiger partial charge on any atom is -0.271 e. The van der Waals surface area contributed by atoms with Gasteiger partial charge in [0.25, 0.3) is 0 Å². The van der Waals surface area contributed by atoms with Crippen molar-refractivity contribution in [3.05, 3.63) is 43.2 Å². The summed E-state index contributed by atoms with van der Waals surface area (Å²) < 4.78 is 1.14. The van der Waals surface area contributed by atoms with Gasteiger partial charge in [-0.3, -0.25) is 11.3 Å². The molecule has 15 heavy (non-hydrogen) atoms. The van der Waals surface area contributed by atoms with E-state index in [9.17, 15) is 0 Å². The smallest absolute Gasteiger partial charge is 0.0701 e. The van der Waals surface area contributed by atoms with Crippen LogP contribution in [-0.4, -0.2) is 0 Å². The third kappa shape index (κ3) is 2.89. The minimum atomic E-state index is 0.200. The third-order valence-corrected chi connectivity index (χ3v) is 4.60. The molecule has 3 N–H and O–H groups in total. The molecule has 0 saturated carbocycles. The second kappa shape index (κ2) is 5.23. The van der Waals surface area contributed by atoms with Crippen LogP contribution in [0.5, 0.6) is 0 Å². The van der Waals surface area contributed by atoms with Gasteiger partial charge < -0.3 is 0 Å². The van der Waals surface area contributed by atoms with Crippen LogP contribution in [0, 0.1) is 0 Å². The molecular formula is C10H11BrN2S2. The SMILES string of the molecule is NNC(Cc1cccs1)c1csc(Br)c1. The molecule has 0 fully saturated rings. The first-order valence-corrected chi connectivity index (χ1v) is 7.07. The first-order chi connectivity index (χ1) is 7.29. The first-order valence-electron chi connectivity index (χ1n) is 4.52. The van der Waals surface area contributed by atoms with Gasteiger partial charge in [-0.05, 0) is 44.4 Å². The number of hydrazine groups is 1. The number of thiophene rings is 2. The molecule has 1 unspecified atom stereocenters. The van der Waals surface area contributed by atoms with Gasteiger partial charge in [0.2, 0.25) is 0 Å². The summed E-state index contributed by atoms with van der Waals surface area (Å²) in [4.78, 5) is 1.35. The van der Waals surface area contributed by atoms with Crippen molar-refractivity contribution in [3.63, 3.8) is 0 Å². The van der Waals surface area contributed by atoms with Crippen LogP contribution < -0.4 is 11.3 Å². The van der Waals surface area contributed by atoms with Crippen molar-refractivity contribution in [3.8, 4) is 0 Å². The maximum Gasteiger partial charge on any atom is 0.0701 e. The van der Waals surface area contributed by atoms with Gasteiger partial charge in [-0.25, -0.2) is 0 Å². The largest absolute Gasteiger partial charge is 0.271 e. The standard InChI is InChI=1S/C10H11BrN2S2/c11-10-4-7(6-15-10)9(13-12)5-8-2-1-3-14-8/h1-4,6,9,13H,5,12H2. The Morgan fingerprint density at radius 3 is 2.87 bits per heavy atom. The molecule has 5 heteroatoms. The fourth-order valence-electron chi connectivity index (χ4n) is 1.41. The number of nitrogens with two attached hydrogens (primary N) is 1. The number of hydrogen-bond acceptors (Lipinski definition) is 4. The molecule has 0 aliphatic heterocycles. The van der Waals surface area contributed by atoms with E-state index in [1.54, 1.807) is 22.7 Å². The lowest BCUT2D eigenvalue weighted by Crippen LogP contribution is -2.29. The van der Waals surface area contributed by atoms with Crippen LogP contribution >= 0.6 is 38.6 Å². The molecular weight excluding hydrogens is 292 g/mol. The zero-order chi connectivity index (χ0) is 10.7. The summed E-state index contributed by atoms with van der Waals surface area (Å²) >= 11 is 6.91. The Kier molecular flexibility index (Phi) is 3.93. The van der Waals surface area contributed by atoms with E-state index in [0.717, 1.165) is 10.2 Å². The van der Waals surface area contributed by atoms with Gasteiger partial charge in [-0.2, -0.15) is 0 Å². The topological polar surface area (TPSA) is 38.0 Å². The van der Waals surface area contributed by atoms with Crippen LogP contribution in [0.25, 0.3) is 0 Å². The predicted octanol–water partition coefficient (Wildman–Crippen LogP) is 3.32.